The maximum absolute atomic E-state index is 11.6. The molecule has 2 aromatic heterocycles. The van der Waals surface area contributed by atoms with Crippen LogP contribution in [0.3, 0.4) is 0 Å². The SMILES string of the molecule is C[C@@]1(O)[C@H](O)[C@@H](CO[P@](O)(=S)OP(=O)(O)OP(=O)(O)O)O[C@H]1n1cnc2c(N)ncnc21. The molecule has 1 saturated heterocycles. The van der Waals surface area contributed by atoms with Gasteiger partial charge >= 0.3 is 22.4 Å². The summed E-state index contributed by atoms with van der Waals surface area (Å²) in [5.41, 5.74) is 4.17. The van der Waals surface area contributed by atoms with Gasteiger partial charge in [0.05, 0.1) is 12.9 Å². The lowest BCUT2D eigenvalue weighted by atomic mass is 9.96. The maximum atomic E-state index is 11.6. The molecule has 3 heterocycles. The van der Waals surface area contributed by atoms with Crippen LogP contribution in [-0.2, 0) is 38.8 Å². The average molecular weight is 537 g/mol. The highest BCUT2D eigenvalue weighted by Crippen LogP contribution is 2.66. The number of hydrogen-bond donors (Lipinski definition) is 7. The summed E-state index contributed by atoms with van der Waals surface area (Å²) in [5.74, 6) is 0.0656. The van der Waals surface area contributed by atoms with E-state index < -0.39 is 53.0 Å². The number of aliphatic hydroxyl groups is 2. The van der Waals surface area contributed by atoms with Crippen molar-refractivity contribution in [2.75, 3.05) is 12.3 Å². The molecule has 6 atom stereocenters. The van der Waals surface area contributed by atoms with Gasteiger partial charge in [0.25, 0.3) is 0 Å². The van der Waals surface area contributed by atoms with E-state index in [0.29, 0.717) is 0 Å². The van der Waals surface area contributed by atoms with Crippen molar-refractivity contribution < 1.29 is 56.8 Å². The van der Waals surface area contributed by atoms with Crippen LogP contribution in [-0.4, -0.2) is 73.7 Å². The van der Waals surface area contributed by atoms with Gasteiger partial charge in [0.2, 0.25) is 0 Å². The number of nitrogen functional groups attached to an aromatic ring is 1. The molecule has 8 N–H and O–H groups in total. The Morgan fingerprint density at radius 1 is 1.25 bits per heavy atom. The number of rotatable bonds is 8. The molecule has 0 aromatic carbocycles. The van der Waals surface area contributed by atoms with Crippen molar-refractivity contribution in [3.8, 4) is 0 Å². The van der Waals surface area contributed by atoms with E-state index in [-0.39, 0.29) is 17.0 Å². The summed E-state index contributed by atoms with van der Waals surface area (Å²) in [6, 6.07) is 0. The number of nitrogens with two attached hydrogens (primary N) is 1. The number of nitrogens with zero attached hydrogens (tertiary/aromatic N) is 4. The van der Waals surface area contributed by atoms with Gasteiger partial charge in [-0.1, -0.05) is 0 Å². The van der Waals surface area contributed by atoms with Gasteiger partial charge < -0.3 is 44.8 Å². The standard InChI is InChI=1S/C11H18N5O12P3S/c1-11(18)7(17)5(2-25-31(24,32)28-30(22,23)27-29(19,20)21)26-10(11)16-4-15-6-8(12)13-3-14-9(6)16/h3-5,7,10,17-18H,2H2,1H3,(H,22,23)(H,24,32)(H2,12,13,14)(H2,19,20,21)/t5-,7-,10-,11-,31+/m1/s1. The third-order valence-corrected chi connectivity index (χ3v) is 8.93. The van der Waals surface area contributed by atoms with Crippen molar-refractivity contribution in [1.82, 2.24) is 19.5 Å². The number of aliphatic hydroxyl groups excluding tert-OH is 1. The van der Waals surface area contributed by atoms with Gasteiger partial charge in [-0.05, 0) is 18.7 Å². The lowest BCUT2D eigenvalue weighted by molar-refractivity contribution is -0.0948. The lowest BCUT2D eigenvalue weighted by Crippen LogP contribution is -2.44. The Morgan fingerprint density at radius 3 is 2.53 bits per heavy atom. The molecule has 0 bridgehead atoms. The summed E-state index contributed by atoms with van der Waals surface area (Å²) in [6.07, 6.45) is -1.87. The zero-order chi connectivity index (χ0) is 24.1. The number of ether oxygens (including phenoxy) is 1. The van der Waals surface area contributed by atoms with Gasteiger partial charge in [-0.3, -0.25) is 4.57 Å². The van der Waals surface area contributed by atoms with Gasteiger partial charge in [-0.15, -0.1) is 0 Å². The summed E-state index contributed by atoms with van der Waals surface area (Å²) >= 11 is 4.51. The fourth-order valence-corrected chi connectivity index (χ4v) is 6.86. The normalized spacial score (nSPS) is 30.3. The molecular formula is C11H18N5O12P3S. The number of anilines is 1. The van der Waals surface area contributed by atoms with Crippen molar-refractivity contribution in [3.63, 3.8) is 0 Å². The largest absolute Gasteiger partial charge is 0.488 e. The van der Waals surface area contributed by atoms with E-state index in [1.165, 1.54) is 17.8 Å². The summed E-state index contributed by atoms with van der Waals surface area (Å²) in [4.78, 5) is 48.2. The third-order valence-electron chi connectivity index (χ3n) is 4.21. The molecule has 0 spiro atoms. The van der Waals surface area contributed by atoms with E-state index in [0.717, 1.165) is 6.33 Å². The predicted molar refractivity (Wildman–Crippen MR) is 107 cm³/mol. The lowest BCUT2D eigenvalue weighted by Gasteiger charge is -2.27. The maximum Gasteiger partial charge on any atom is 0.488 e. The number of imidazole rings is 1. The van der Waals surface area contributed by atoms with E-state index in [9.17, 15) is 29.1 Å². The molecule has 0 saturated carbocycles. The molecule has 0 amide bonds. The molecule has 1 aliphatic rings. The van der Waals surface area contributed by atoms with Crippen LogP contribution < -0.4 is 5.73 Å². The molecular weight excluding hydrogens is 519 g/mol. The summed E-state index contributed by atoms with van der Waals surface area (Å²) in [7, 11) is -11.0. The van der Waals surface area contributed by atoms with E-state index in [2.05, 4.69) is 35.4 Å². The van der Waals surface area contributed by atoms with Crippen LogP contribution in [0.25, 0.3) is 11.2 Å². The van der Waals surface area contributed by atoms with Gasteiger partial charge in [-0.25, -0.2) is 28.4 Å². The van der Waals surface area contributed by atoms with Crippen LogP contribution in [0.5, 0.6) is 0 Å². The van der Waals surface area contributed by atoms with E-state index >= 15 is 0 Å². The van der Waals surface area contributed by atoms with E-state index in [1.807, 2.05) is 0 Å². The first kappa shape index (κ1) is 25.7. The second kappa shape index (κ2) is 8.69. The molecule has 32 heavy (non-hydrogen) atoms. The van der Waals surface area contributed by atoms with Gasteiger partial charge in [0.1, 0.15) is 29.7 Å². The van der Waals surface area contributed by atoms with Gasteiger partial charge in [0, 0.05) is 0 Å². The fourth-order valence-electron chi connectivity index (χ4n) is 2.89. The van der Waals surface area contributed by atoms with E-state index in [1.54, 1.807) is 0 Å². The van der Waals surface area contributed by atoms with Crippen LogP contribution in [0.1, 0.15) is 13.2 Å². The van der Waals surface area contributed by atoms with Crippen LogP contribution >= 0.6 is 22.4 Å². The number of phosphoric acid groups is 2. The van der Waals surface area contributed by atoms with Gasteiger partial charge in [-0.2, -0.15) is 4.31 Å². The molecule has 1 unspecified atom stereocenters. The Kier molecular flexibility index (Phi) is 6.97. The highest BCUT2D eigenvalue weighted by Gasteiger charge is 2.54. The number of fused-ring (bicyclic) bond motifs is 1. The van der Waals surface area contributed by atoms with E-state index in [4.69, 9.17) is 24.8 Å². The molecule has 1 fully saturated rings. The molecule has 3 rings (SSSR count). The molecule has 0 aliphatic carbocycles. The van der Waals surface area contributed by atoms with Crippen molar-refractivity contribution in [2.24, 2.45) is 0 Å². The summed E-state index contributed by atoms with van der Waals surface area (Å²) < 4.78 is 41.6. The minimum absolute atomic E-state index is 0.0656. The van der Waals surface area contributed by atoms with Crippen LogP contribution in [0.2, 0.25) is 0 Å². The highest BCUT2D eigenvalue weighted by atomic mass is 32.5. The molecule has 180 valence electrons. The van der Waals surface area contributed by atoms with Crippen molar-refractivity contribution in [2.45, 2.75) is 31.0 Å². The van der Waals surface area contributed by atoms with Crippen molar-refractivity contribution in [1.29, 1.82) is 0 Å². The molecule has 17 nitrogen and oxygen atoms in total. The Morgan fingerprint density at radius 2 is 1.91 bits per heavy atom. The van der Waals surface area contributed by atoms with Gasteiger partial charge in [0.15, 0.2) is 17.7 Å². The number of hydrogen-bond acceptors (Lipinski definition) is 13. The summed E-state index contributed by atoms with van der Waals surface area (Å²) in [6.45, 7) is -4.15. The zero-order valence-corrected chi connectivity index (χ0v) is 19.3. The second-order valence-corrected chi connectivity index (χ2v) is 12.5. The topological polar surface area (TPSA) is 262 Å². The smallest absolute Gasteiger partial charge is 0.387 e. The highest BCUT2D eigenvalue weighted by molar-refractivity contribution is 8.08. The quantitative estimate of drug-likeness (QED) is 0.197. The minimum atomic E-state index is -5.51. The third kappa shape index (κ3) is 5.58. The Bertz CT molecular complexity index is 1150. The average Bonchev–Trinajstić information content (AvgIpc) is 3.11. The molecule has 21 heteroatoms. The predicted octanol–water partition coefficient (Wildman–Crippen LogP) is -1.12. The first-order valence-corrected chi connectivity index (χ1v) is 13.9. The van der Waals surface area contributed by atoms with Crippen molar-refractivity contribution in [3.05, 3.63) is 12.7 Å². The zero-order valence-electron chi connectivity index (χ0n) is 15.8. The monoisotopic (exact) mass is 537 g/mol. The Labute approximate surface area is 183 Å². The summed E-state index contributed by atoms with van der Waals surface area (Å²) in [5, 5.41) is 21.3. The number of aromatic nitrogens is 4. The first-order chi connectivity index (χ1) is 14.5. The molecule has 2 aromatic rings. The minimum Gasteiger partial charge on any atom is -0.387 e. The Balaban J connectivity index is 1.74. The molecule has 0 radical (unpaired) electrons. The fraction of sp³-hybridized carbons (Fsp3) is 0.545. The molecule has 1 aliphatic heterocycles. The van der Waals surface area contributed by atoms with Crippen molar-refractivity contribution >= 4 is 51.2 Å². The Hall–Kier alpha value is -0.940. The van der Waals surface area contributed by atoms with Crippen LogP contribution in [0, 0.1) is 0 Å². The van der Waals surface area contributed by atoms with Crippen LogP contribution in [0.4, 0.5) is 5.82 Å². The van der Waals surface area contributed by atoms with Crippen LogP contribution in [0.15, 0.2) is 12.7 Å². The first-order valence-electron chi connectivity index (χ1n) is 8.30. The second-order valence-electron chi connectivity index (χ2n) is 6.67.